The Bertz CT molecular complexity index is 394. The van der Waals surface area contributed by atoms with Gasteiger partial charge in [-0.1, -0.05) is 0 Å². The van der Waals surface area contributed by atoms with Gasteiger partial charge in [0.2, 0.25) is 5.91 Å². The van der Waals surface area contributed by atoms with Gasteiger partial charge >= 0.3 is 12.1 Å². The van der Waals surface area contributed by atoms with Crippen LogP contribution in [0.3, 0.4) is 0 Å². The zero-order valence-electron chi connectivity index (χ0n) is 10.8. The maximum Gasteiger partial charge on any atom is 0.405 e. The Kier molecular flexibility index (Phi) is 5.34. The molecule has 0 spiro atoms. The molecule has 0 saturated heterocycles. The van der Waals surface area contributed by atoms with Crippen molar-refractivity contribution in [3.8, 4) is 0 Å². The Labute approximate surface area is 113 Å². The second-order valence-electron chi connectivity index (χ2n) is 4.48. The SMILES string of the molecule is CC(OC(=O)CC(=O)NCC(F)(F)F)C(=O)NC1CC1. The molecule has 0 radical (unpaired) electrons. The summed E-state index contributed by atoms with van der Waals surface area (Å²) >= 11 is 0. The van der Waals surface area contributed by atoms with Crippen LogP contribution in [0.4, 0.5) is 13.2 Å². The molecule has 0 aromatic heterocycles. The van der Waals surface area contributed by atoms with Gasteiger partial charge in [0.05, 0.1) is 0 Å². The highest BCUT2D eigenvalue weighted by Gasteiger charge is 2.29. The standard InChI is InChI=1S/C11H15F3N2O4/c1-6(10(19)16-7-2-3-7)20-9(18)4-8(17)15-5-11(12,13)14/h6-7H,2-5H2,1H3,(H,15,17)(H,16,19). The molecule has 2 amide bonds. The van der Waals surface area contributed by atoms with Crippen LogP contribution >= 0.6 is 0 Å². The molecule has 0 aromatic carbocycles. The van der Waals surface area contributed by atoms with Gasteiger partial charge in [-0.15, -0.1) is 0 Å². The molecule has 1 atom stereocenters. The van der Waals surface area contributed by atoms with E-state index in [1.165, 1.54) is 12.2 Å². The molecule has 0 bridgehead atoms. The van der Waals surface area contributed by atoms with Gasteiger partial charge in [-0.3, -0.25) is 14.4 Å². The topological polar surface area (TPSA) is 84.5 Å². The molecular formula is C11H15F3N2O4. The molecule has 0 aromatic rings. The quantitative estimate of drug-likeness (QED) is 0.544. The van der Waals surface area contributed by atoms with Crippen LogP contribution in [0.2, 0.25) is 0 Å². The highest BCUT2D eigenvalue weighted by Crippen LogP contribution is 2.18. The van der Waals surface area contributed by atoms with E-state index in [9.17, 15) is 27.6 Å². The van der Waals surface area contributed by atoms with E-state index in [2.05, 4.69) is 10.1 Å². The lowest BCUT2D eigenvalue weighted by atomic mass is 10.3. The molecule has 20 heavy (non-hydrogen) atoms. The third kappa shape index (κ3) is 6.95. The van der Waals surface area contributed by atoms with Crippen LogP contribution in [0, 0.1) is 0 Å². The Morgan fingerprint density at radius 3 is 2.40 bits per heavy atom. The predicted molar refractivity (Wildman–Crippen MR) is 60.4 cm³/mol. The molecule has 1 rings (SSSR count). The Morgan fingerprint density at radius 2 is 1.90 bits per heavy atom. The summed E-state index contributed by atoms with van der Waals surface area (Å²) in [6.07, 6.45) is -4.76. The second kappa shape index (κ2) is 6.58. The average Bonchev–Trinajstić information content (AvgIpc) is 3.09. The largest absolute Gasteiger partial charge is 0.452 e. The minimum Gasteiger partial charge on any atom is -0.452 e. The summed E-state index contributed by atoms with van der Waals surface area (Å²) < 4.78 is 40.1. The summed E-state index contributed by atoms with van der Waals surface area (Å²) in [6, 6.07) is 0.0961. The van der Waals surface area contributed by atoms with E-state index in [4.69, 9.17) is 0 Å². The summed E-state index contributed by atoms with van der Waals surface area (Å²) in [5.74, 6) is -2.65. The lowest BCUT2D eigenvalue weighted by molar-refractivity contribution is -0.157. The summed E-state index contributed by atoms with van der Waals surface area (Å²) in [4.78, 5) is 33.7. The monoisotopic (exact) mass is 296 g/mol. The van der Waals surface area contributed by atoms with Crippen molar-refractivity contribution >= 4 is 17.8 Å². The van der Waals surface area contributed by atoms with Gasteiger partial charge in [0.25, 0.3) is 5.91 Å². The Morgan fingerprint density at radius 1 is 1.30 bits per heavy atom. The smallest absolute Gasteiger partial charge is 0.405 e. The van der Waals surface area contributed by atoms with Crippen molar-refractivity contribution in [2.24, 2.45) is 0 Å². The molecular weight excluding hydrogens is 281 g/mol. The fourth-order valence-electron chi connectivity index (χ4n) is 1.23. The molecule has 114 valence electrons. The third-order valence-corrected chi connectivity index (χ3v) is 2.39. The van der Waals surface area contributed by atoms with Gasteiger partial charge in [0, 0.05) is 6.04 Å². The van der Waals surface area contributed by atoms with Crippen LogP contribution in [0.1, 0.15) is 26.2 Å². The van der Waals surface area contributed by atoms with E-state index in [1.807, 2.05) is 0 Å². The lowest BCUT2D eigenvalue weighted by Gasteiger charge is -2.13. The first kappa shape index (κ1) is 16.3. The van der Waals surface area contributed by atoms with Crippen molar-refractivity contribution in [2.75, 3.05) is 6.54 Å². The predicted octanol–water partition coefficient (Wildman–Crippen LogP) is 0.265. The fourth-order valence-corrected chi connectivity index (χ4v) is 1.23. The number of halogens is 3. The maximum absolute atomic E-state index is 11.8. The number of rotatable bonds is 6. The van der Waals surface area contributed by atoms with Crippen LogP contribution in [-0.2, 0) is 19.1 Å². The van der Waals surface area contributed by atoms with E-state index in [0.717, 1.165) is 12.8 Å². The number of ether oxygens (including phenoxy) is 1. The fraction of sp³-hybridized carbons (Fsp3) is 0.727. The van der Waals surface area contributed by atoms with Crippen LogP contribution < -0.4 is 10.6 Å². The number of hydrogen-bond donors (Lipinski definition) is 2. The van der Waals surface area contributed by atoms with E-state index in [0.29, 0.717) is 0 Å². The normalized spacial score (nSPS) is 16.2. The molecule has 9 heteroatoms. The van der Waals surface area contributed by atoms with E-state index in [1.54, 1.807) is 0 Å². The van der Waals surface area contributed by atoms with Crippen LogP contribution in [-0.4, -0.2) is 42.7 Å². The van der Waals surface area contributed by atoms with Crippen molar-refractivity contribution in [3.05, 3.63) is 0 Å². The van der Waals surface area contributed by atoms with E-state index >= 15 is 0 Å². The minimum atomic E-state index is -4.54. The molecule has 2 N–H and O–H groups in total. The third-order valence-electron chi connectivity index (χ3n) is 2.39. The van der Waals surface area contributed by atoms with Gasteiger partial charge in [0.15, 0.2) is 6.10 Å². The van der Waals surface area contributed by atoms with Crippen LogP contribution in [0.15, 0.2) is 0 Å². The number of esters is 1. The molecule has 1 fully saturated rings. The lowest BCUT2D eigenvalue weighted by Crippen LogP contribution is -2.39. The molecule has 0 aliphatic heterocycles. The number of carbonyl (C=O) groups excluding carboxylic acids is 3. The van der Waals surface area contributed by atoms with Crippen molar-refractivity contribution in [2.45, 2.75) is 44.5 Å². The zero-order chi connectivity index (χ0) is 15.3. The highest BCUT2D eigenvalue weighted by atomic mass is 19.4. The van der Waals surface area contributed by atoms with Gasteiger partial charge in [0.1, 0.15) is 13.0 Å². The molecule has 6 nitrogen and oxygen atoms in total. The summed E-state index contributed by atoms with van der Waals surface area (Å²) in [7, 11) is 0. The van der Waals surface area contributed by atoms with Crippen LogP contribution in [0.25, 0.3) is 0 Å². The van der Waals surface area contributed by atoms with Crippen molar-refractivity contribution in [3.63, 3.8) is 0 Å². The number of alkyl halides is 3. The molecule has 0 heterocycles. The Hall–Kier alpha value is -1.80. The Balaban J connectivity index is 2.24. The minimum absolute atomic E-state index is 0.0961. The summed E-state index contributed by atoms with van der Waals surface area (Å²) in [5, 5.41) is 4.12. The van der Waals surface area contributed by atoms with Crippen LogP contribution in [0.5, 0.6) is 0 Å². The average molecular weight is 296 g/mol. The maximum atomic E-state index is 11.8. The van der Waals surface area contributed by atoms with Crippen molar-refractivity contribution in [1.29, 1.82) is 0 Å². The molecule has 1 aliphatic carbocycles. The van der Waals surface area contributed by atoms with Crippen molar-refractivity contribution in [1.82, 2.24) is 10.6 Å². The first-order chi connectivity index (χ1) is 9.17. The van der Waals surface area contributed by atoms with Gasteiger partial charge in [-0.05, 0) is 19.8 Å². The first-order valence-electron chi connectivity index (χ1n) is 6.00. The zero-order valence-corrected chi connectivity index (χ0v) is 10.8. The van der Waals surface area contributed by atoms with E-state index in [-0.39, 0.29) is 6.04 Å². The molecule has 1 saturated carbocycles. The van der Waals surface area contributed by atoms with Crippen molar-refractivity contribution < 1.29 is 32.3 Å². The number of carbonyl (C=O) groups is 3. The highest BCUT2D eigenvalue weighted by molar-refractivity contribution is 5.95. The molecule has 1 aliphatic rings. The number of hydrogen-bond acceptors (Lipinski definition) is 4. The number of amides is 2. The summed E-state index contributed by atoms with van der Waals surface area (Å²) in [5.41, 5.74) is 0. The van der Waals surface area contributed by atoms with E-state index < -0.39 is 43.0 Å². The first-order valence-corrected chi connectivity index (χ1v) is 6.00. The summed E-state index contributed by atoms with van der Waals surface area (Å²) in [6.45, 7) is -0.194. The second-order valence-corrected chi connectivity index (χ2v) is 4.48. The number of nitrogens with one attached hydrogen (secondary N) is 2. The van der Waals surface area contributed by atoms with Gasteiger partial charge in [-0.2, -0.15) is 13.2 Å². The molecule has 1 unspecified atom stereocenters. The van der Waals surface area contributed by atoms with Gasteiger partial charge < -0.3 is 15.4 Å². The van der Waals surface area contributed by atoms with Gasteiger partial charge in [-0.25, -0.2) is 0 Å².